The molecule has 0 aliphatic heterocycles. The van der Waals surface area contributed by atoms with Gasteiger partial charge in [-0.25, -0.2) is 0 Å². The third-order valence-corrected chi connectivity index (χ3v) is 3.02. The lowest BCUT2D eigenvalue weighted by Gasteiger charge is -2.05. The van der Waals surface area contributed by atoms with Gasteiger partial charge in [0.2, 0.25) is 0 Å². The topological polar surface area (TPSA) is 17.1 Å². The van der Waals surface area contributed by atoms with Crippen LogP contribution in [0, 0.1) is 13.8 Å². The molecule has 1 nitrogen and oxygen atoms in total. The first-order chi connectivity index (χ1) is 7.63. The molecule has 0 fully saturated rings. The van der Waals surface area contributed by atoms with E-state index in [1.165, 1.54) is 16.7 Å². The van der Waals surface area contributed by atoms with Crippen LogP contribution in [0.2, 0.25) is 0 Å². The Balaban J connectivity index is 2.37. The van der Waals surface area contributed by atoms with Gasteiger partial charge in [0, 0.05) is 12.8 Å². The van der Waals surface area contributed by atoms with Gasteiger partial charge in [0.15, 0.2) is 0 Å². The first-order valence-electron chi connectivity index (χ1n) is 6.21. The first kappa shape index (κ1) is 13.0. The Kier molecular flexibility index (Phi) is 5.24. The van der Waals surface area contributed by atoms with Gasteiger partial charge in [-0.05, 0) is 49.8 Å². The fraction of sp³-hybridized carbons (Fsp3) is 0.533. The summed E-state index contributed by atoms with van der Waals surface area (Å²) in [6.45, 7) is 6.33. The third kappa shape index (κ3) is 4.18. The highest BCUT2D eigenvalue weighted by atomic mass is 16.1. The molecule has 0 aliphatic carbocycles. The van der Waals surface area contributed by atoms with Crippen LogP contribution in [0.3, 0.4) is 0 Å². The lowest BCUT2D eigenvalue weighted by Crippen LogP contribution is -1.98. The van der Waals surface area contributed by atoms with E-state index in [1.807, 2.05) is 0 Å². The lowest BCUT2D eigenvalue weighted by molar-refractivity contribution is -0.119. The van der Waals surface area contributed by atoms with Crippen LogP contribution in [0.25, 0.3) is 0 Å². The maximum atomic E-state index is 11.4. The van der Waals surface area contributed by atoms with E-state index in [0.29, 0.717) is 5.78 Å². The third-order valence-electron chi connectivity index (χ3n) is 3.02. The van der Waals surface area contributed by atoms with E-state index in [-0.39, 0.29) is 0 Å². The molecule has 0 aliphatic rings. The molecule has 0 saturated heterocycles. The van der Waals surface area contributed by atoms with Crippen molar-refractivity contribution >= 4 is 5.78 Å². The summed E-state index contributed by atoms with van der Waals surface area (Å²) in [4.78, 5) is 11.4. The van der Waals surface area contributed by atoms with Gasteiger partial charge < -0.3 is 0 Å². The number of hydrogen-bond acceptors (Lipinski definition) is 1. The Morgan fingerprint density at radius 3 is 2.50 bits per heavy atom. The second kappa shape index (κ2) is 6.47. The first-order valence-corrected chi connectivity index (χ1v) is 6.21. The Morgan fingerprint density at radius 2 is 1.88 bits per heavy atom. The van der Waals surface area contributed by atoms with Gasteiger partial charge in [-0.15, -0.1) is 0 Å². The molecule has 0 radical (unpaired) electrons. The monoisotopic (exact) mass is 218 g/mol. The van der Waals surface area contributed by atoms with Crippen molar-refractivity contribution in [2.24, 2.45) is 0 Å². The molecule has 1 aromatic rings. The summed E-state index contributed by atoms with van der Waals surface area (Å²) in [6, 6.07) is 6.57. The van der Waals surface area contributed by atoms with Crippen LogP contribution < -0.4 is 0 Å². The fourth-order valence-corrected chi connectivity index (χ4v) is 1.85. The molecule has 1 rings (SSSR count). The molecule has 0 heterocycles. The number of ketones is 1. The largest absolute Gasteiger partial charge is 0.300 e. The highest BCUT2D eigenvalue weighted by Gasteiger charge is 2.01. The average Bonchev–Trinajstić information content (AvgIpc) is 2.24. The zero-order valence-corrected chi connectivity index (χ0v) is 10.7. The fourth-order valence-electron chi connectivity index (χ4n) is 1.85. The maximum absolute atomic E-state index is 11.4. The van der Waals surface area contributed by atoms with Gasteiger partial charge in [-0.1, -0.05) is 25.1 Å². The second-order valence-corrected chi connectivity index (χ2v) is 4.56. The molecule has 0 N–H and O–H groups in total. The van der Waals surface area contributed by atoms with E-state index in [0.717, 1.165) is 32.1 Å². The van der Waals surface area contributed by atoms with Crippen LogP contribution >= 0.6 is 0 Å². The Morgan fingerprint density at radius 1 is 1.12 bits per heavy atom. The number of rotatable bonds is 6. The molecule has 0 bridgehead atoms. The minimum Gasteiger partial charge on any atom is -0.300 e. The normalized spacial score (nSPS) is 10.4. The molecule has 0 spiro atoms. The van der Waals surface area contributed by atoms with E-state index >= 15 is 0 Å². The van der Waals surface area contributed by atoms with Crippen molar-refractivity contribution in [1.82, 2.24) is 0 Å². The number of carbonyl (C=O) groups is 1. The molecular weight excluding hydrogens is 196 g/mol. The molecule has 0 atom stereocenters. The van der Waals surface area contributed by atoms with E-state index in [1.54, 1.807) is 0 Å². The van der Waals surface area contributed by atoms with Gasteiger partial charge in [-0.3, -0.25) is 4.79 Å². The zero-order chi connectivity index (χ0) is 12.0. The number of carbonyl (C=O) groups excluding carboxylic acids is 1. The highest BCUT2D eigenvalue weighted by molar-refractivity contribution is 5.78. The van der Waals surface area contributed by atoms with Gasteiger partial charge in [0.1, 0.15) is 5.78 Å². The lowest BCUT2D eigenvalue weighted by atomic mass is 10.0. The molecule has 0 amide bonds. The van der Waals surface area contributed by atoms with Crippen molar-refractivity contribution in [3.05, 3.63) is 34.9 Å². The molecule has 16 heavy (non-hydrogen) atoms. The van der Waals surface area contributed by atoms with Crippen molar-refractivity contribution < 1.29 is 4.79 Å². The summed E-state index contributed by atoms with van der Waals surface area (Å²) in [7, 11) is 0. The summed E-state index contributed by atoms with van der Waals surface area (Å²) in [6.07, 6.45) is 4.47. The van der Waals surface area contributed by atoms with Crippen LogP contribution in [-0.2, 0) is 11.2 Å². The summed E-state index contributed by atoms with van der Waals surface area (Å²) in [5.41, 5.74) is 4.04. The smallest absolute Gasteiger partial charge is 0.132 e. The molecular formula is C15H22O. The average molecular weight is 218 g/mol. The van der Waals surface area contributed by atoms with Crippen LogP contribution in [0.1, 0.15) is 49.3 Å². The Bertz CT molecular complexity index is 352. The maximum Gasteiger partial charge on any atom is 0.132 e. The summed E-state index contributed by atoms with van der Waals surface area (Å²) < 4.78 is 0. The predicted octanol–water partition coefficient (Wildman–Crippen LogP) is 4.00. The van der Waals surface area contributed by atoms with Crippen molar-refractivity contribution in [3.63, 3.8) is 0 Å². The number of benzene rings is 1. The van der Waals surface area contributed by atoms with Crippen molar-refractivity contribution in [1.29, 1.82) is 0 Å². The summed E-state index contributed by atoms with van der Waals surface area (Å²) in [5, 5.41) is 0. The standard InChI is InChI=1S/C15H22O/c1-4-6-15(16)8-5-7-14-10-9-12(2)13(3)11-14/h9-11H,4-8H2,1-3H3. The molecule has 1 heteroatoms. The van der Waals surface area contributed by atoms with Crippen LogP contribution in [0.15, 0.2) is 18.2 Å². The van der Waals surface area contributed by atoms with E-state index in [9.17, 15) is 4.79 Å². The molecule has 0 saturated carbocycles. The van der Waals surface area contributed by atoms with Crippen molar-refractivity contribution in [2.45, 2.75) is 52.9 Å². The summed E-state index contributed by atoms with van der Waals surface area (Å²) in [5.74, 6) is 0.409. The highest BCUT2D eigenvalue weighted by Crippen LogP contribution is 2.12. The Labute approximate surface area is 98.9 Å². The molecule has 88 valence electrons. The molecule has 0 unspecified atom stereocenters. The van der Waals surface area contributed by atoms with Gasteiger partial charge in [0.05, 0.1) is 0 Å². The van der Waals surface area contributed by atoms with Crippen LogP contribution in [0.5, 0.6) is 0 Å². The minimum atomic E-state index is 0.409. The zero-order valence-electron chi connectivity index (χ0n) is 10.7. The van der Waals surface area contributed by atoms with E-state index in [4.69, 9.17) is 0 Å². The van der Waals surface area contributed by atoms with Crippen LogP contribution in [-0.4, -0.2) is 5.78 Å². The number of aryl methyl sites for hydroxylation is 3. The minimum absolute atomic E-state index is 0.409. The van der Waals surface area contributed by atoms with Crippen molar-refractivity contribution in [2.75, 3.05) is 0 Å². The van der Waals surface area contributed by atoms with Gasteiger partial charge in [0.25, 0.3) is 0 Å². The van der Waals surface area contributed by atoms with Gasteiger partial charge in [-0.2, -0.15) is 0 Å². The van der Waals surface area contributed by atoms with E-state index < -0.39 is 0 Å². The summed E-state index contributed by atoms with van der Waals surface area (Å²) >= 11 is 0. The van der Waals surface area contributed by atoms with Crippen LogP contribution in [0.4, 0.5) is 0 Å². The van der Waals surface area contributed by atoms with Crippen molar-refractivity contribution in [3.8, 4) is 0 Å². The molecule has 0 aromatic heterocycles. The second-order valence-electron chi connectivity index (χ2n) is 4.56. The quantitative estimate of drug-likeness (QED) is 0.705. The van der Waals surface area contributed by atoms with Gasteiger partial charge >= 0.3 is 0 Å². The molecule has 1 aromatic carbocycles. The predicted molar refractivity (Wildman–Crippen MR) is 68.8 cm³/mol. The number of hydrogen-bond donors (Lipinski definition) is 0. The SMILES string of the molecule is CCCC(=O)CCCc1ccc(C)c(C)c1. The Hall–Kier alpha value is -1.11. The number of Topliss-reactive ketones (excluding diaryl/α,β-unsaturated/α-hetero) is 1. The van der Waals surface area contributed by atoms with E-state index in [2.05, 4.69) is 39.0 Å².